The third-order valence-corrected chi connectivity index (χ3v) is 3.93. The van der Waals surface area contributed by atoms with Crippen molar-refractivity contribution in [3.63, 3.8) is 0 Å². The molecule has 6 nitrogen and oxygen atoms in total. The van der Waals surface area contributed by atoms with Crippen LogP contribution in [-0.4, -0.2) is 42.5 Å². The minimum absolute atomic E-state index is 0.0260. The van der Waals surface area contributed by atoms with Gasteiger partial charge in [0.25, 0.3) is 0 Å². The third kappa shape index (κ3) is 5.46. The van der Waals surface area contributed by atoms with E-state index in [0.29, 0.717) is 0 Å². The summed E-state index contributed by atoms with van der Waals surface area (Å²) in [7, 11) is 0. The Balaban J connectivity index is 2.98. The van der Waals surface area contributed by atoms with E-state index in [2.05, 4.69) is 10.7 Å². The van der Waals surface area contributed by atoms with E-state index in [1.54, 1.807) is 0 Å². The minimum atomic E-state index is -2.43. The Labute approximate surface area is 168 Å². The zero-order valence-electron chi connectivity index (χ0n) is 16.3. The van der Waals surface area contributed by atoms with Crippen LogP contribution < -0.4 is 4.74 Å². The number of hydrogen-bond donors (Lipinski definition) is 1. The Morgan fingerprint density at radius 3 is 1.93 bits per heavy atom. The highest BCUT2D eigenvalue weighted by atomic mass is 19.2. The number of carbonyl (C=O) groups excluding carboxylic acids is 2. The summed E-state index contributed by atoms with van der Waals surface area (Å²) >= 11 is 0. The molecule has 0 heterocycles. The number of rotatable bonds is 9. The van der Waals surface area contributed by atoms with Crippen molar-refractivity contribution < 1.29 is 50.9 Å². The quantitative estimate of drug-likeness (QED) is 0.121. The van der Waals surface area contributed by atoms with Crippen LogP contribution in [0.2, 0.25) is 0 Å². The van der Waals surface area contributed by atoms with Crippen LogP contribution in [0.25, 0.3) is 0 Å². The highest BCUT2D eigenvalue weighted by Crippen LogP contribution is 2.31. The van der Waals surface area contributed by atoms with Crippen LogP contribution in [-0.2, 0) is 19.1 Å². The summed E-state index contributed by atoms with van der Waals surface area (Å²) < 4.78 is 81.4. The summed E-state index contributed by atoms with van der Waals surface area (Å²) in [5.41, 5.74) is -3.58. The lowest BCUT2D eigenvalue weighted by Gasteiger charge is -2.28. The first-order valence-electron chi connectivity index (χ1n) is 8.41. The first-order valence-corrected chi connectivity index (χ1v) is 8.41. The van der Waals surface area contributed by atoms with Crippen LogP contribution in [0.15, 0.2) is 0 Å². The van der Waals surface area contributed by atoms with Gasteiger partial charge in [-0.3, -0.25) is 4.79 Å². The van der Waals surface area contributed by atoms with Gasteiger partial charge in [-0.1, -0.05) is 0 Å². The maximum atomic E-state index is 13.7. The summed E-state index contributed by atoms with van der Waals surface area (Å²) in [5, 5.41) is 9.47. The molecule has 0 aliphatic carbocycles. The zero-order valence-corrected chi connectivity index (χ0v) is 16.3. The molecule has 0 saturated heterocycles. The fraction of sp³-hybridized carbons (Fsp3) is 0.474. The first-order chi connectivity index (χ1) is 13.8. The molecule has 0 aliphatic heterocycles. The molecule has 1 aromatic carbocycles. The lowest BCUT2D eigenvalue weighted by molar-refractivity contribution is -0.175. The van der Waals surface area contributed by atoms with Gasteiger partial charge in [0, 0.05) is 6.42 Å². The maximum Gasteiger partial charge on any atom is 0.337 e. The molecule has 1 N–H and O–H groups in total. The van der Waals surface area contributed by atoms with Gasteiger partial charge < -0.3 is 19.3 Å². The number of halogens is 5. The van der Waals surface area contributed by atoms with E-state index in [0.717, 1.165) is 6.92 Å². The van der Waals surface area contributed by atoms with Crippen molar-refractivity contribution >= 4 is 11.9 Å². The second kappa shape index (κ2) is 9.86. The van der Waals surface area contributed by atoms with Crippen molar-refractivity contribution in [3.05, 3.63) is 29.1 Å². The van der Waals surface area contributed by atoms with Gasteiger partial charge in [0.05, 0.1) is 13.2 Å². The Morgan fingerprint density at radius 1 is 0.967 bits per heavy atom. The summed E-state index contributed by atoms with van der Waals surface area (Å²) in [5.74, 6) is -14.0. The summed E-state index contributed by atoms with van der Waals surface area (Å²) in [4.78, 5) is 24.4. The molecule has 166 valence electrons. The maximum absolute atomic E-state index is 13.7. The molecule has 0 aliphatic rings. The fourth-order valence-electron chi connectivity index (χ4n) is 1.88. The van der Waals surface area contributed by atoms with Crippen molar-refractivity contribution in [1.82, 2.24) is 0 Å². The lowest BCUT2D eigenvalue weighted by atomic mass is 9.93. The number of carbonyl (C=O) groups is 2. The highest BCUT2D eigenvalue weighted by molar-refractivity contribution is 5.81. The predicted octanol–water partition coefficient (Wildman–Crippen LogP) is 2.65. The number of aliphatic hydroxyl groups excluding tert-OH is 1. The highest BCUT2D eigenvalue weighted by Gasteiger charge is 2.41. The van der Waals surface area contributed by atoms with Crippen LogP contribution in [0, 0.1) is 46.8 Å². The van der Waals surface area contributed by atoms with Crippen LogP contribution >= 0.6 is 0 Å². The molecule has 0 saturated carbocycles. The van der Waals surface area contributed by atoms with E-state index in [1.807, 2.05) is 0 Å². The molecule has 0 fully saturated rings. The lowest BCUT2D eigenvalue weighted by Crippen LogP contribution is -2.44. The number of esters is 2. The van der Waals surface area contributed by atoms with Crippen LogP contribution in [0.1, 0.15) is 27.2 Å². The Kier molecular flexibility index (Phi) is 8.33. The summed E-state index contributed by atoms with van der Waals surface area (Å²) in [6.45, 7) is 1.80. The third-order valence-electron chi connectivity index (χ3n) is 3.93. The number of hydrogen-bond acceptors (Lipinski definition) is 6. The van der Waals surface area contributed by atoms with Gasteiger partial charge in [0.15, 0.2) is 5.60 Å². The molecule has 1 atom stereocenters. The smallest absolute Gasteiger partial charge is 0.337 e. The normalized spacial score (nSPS) is 13.3. The van der Waals surface area contributed by atoms with Gasteiger partial charge >= 0.3 is 11.9 Å². The minimum Gasteiger partial charge on any atom is -0.462 e. The van der Waals surface area contributed by atoms with Gasteiger partial charge in [-0.15, -0.1) is 12.3 Å². The Hall–Kier alpha value is -2.71. The second-order valence-electron chi connectivity index (χ2n) is 6.90. The van der Waals surface area contributed by atoms with Gasteiger partial charge in [-0.25, -0.2) is 18.0 Å². The fourth-order valence-corrected chi connectivity index (χ4v) is 1.88. The monoisotopic (exact) mass is 438 g/mol. The molecule has 1 unspecified atom stereocenters. The first kappa shape index (κ1) is 25.3. The van der Waals surface area contributed by atoms with E-state index in [4.69, 9.17) is 15.9 Å². The number of aliphatic hydroxyl groups is 1. The Morgan fingerprint density at radius 2 is 1.47 bits per heavy atom. The number of ether oxygens (including phenoxy) is 3. The summed E-state index contributed by atoms with van der Waals surface area (Å²) in [6, 6.07) is 0. The molecule has 11 heteroatoms. The van der Waals surface area contributed by atoms with Gasteiger partial charge in [0.1, 0.15) is 12.0 Å². The summed E-state index contributed by atoms with van der Waals surface area (Å²) in [6.07, 6.45) is 5.27. The molecule has 0 aromatic heterocycles. The average Bonchev–Trinajstić information content (AvgIpc) is 2.71. The molecule has 0 amide bonds. The van der Waals surface area contributed by atoms with E-state index in [1.165, 1.54) is 13.8 Å². The average molecular weight is 438 g/mol. The molecule has 0 radical (unpaired) electrons. The zero-order chi connectivity index (χ0) is 23.3. The number of terminal acetylenes is 1. The largest absolute Gasteiger partial charge is 0.462 e. The van der Waals surface area contributed by atoms with Crippen molar-refractivity contribution in [3.8, 4) is 18.1 Å². The van der Waals surface area contributed by atoms with E-state index in [9.17, 15) is 36.6 Å². The van der Waals surface area contributed by atoms with Crippen molar-refractivity contribution in [2.24, 2.45) is 5.41 Å². The molecule has 0 spiro atoms. The second-order valence-corrected chi connectivity index (χ2v) is 6.90. The van der Waals surface area contributed by atoms with Gasteiger partial charge in [-0.05, 0) is 20.8 Å². The van der Waals surface area contributed by atoms with Crippen molar-refractivity contribution in [2.45, 2.75) is 32.8 Å². The number of benzene rings is 1. The molecule has 1 rings (SSSR count). The molecule has 1 aromatic rings. The standard InChI is InChI=1S/C19H19F5O6/c1-5-6-7-29-18(2,3)16(26)28-9-19(4,8-25)17(27)30-15-13(23)11(21)10(20)12(22)14(15)24/h1,25H,6-9H2,2-4H3. The van der Waals surface area contributed by atoms with Gasteiger partial charge in [-0.2, -0.15) is 8.78 Å². The molecular formula is C19H19F5O6. The Bertz CT molecular complexity index is 835. The van der Waals surface area contributed by atoms with Crippen molar-refractivity contribution in [1.29, 1.82) is 0 Å². The van der Waals surface area contributed by atoms with Crippen molar-refractivity contribution in [2.75, 3.05) is 19.8 Å². The van der Waals surface area contributed by atoms with Crippen LogP contribution in [0.4, 0.5) is 22.0 Å². The molecule has 0 bridgehead atoms. The van der Waals surface area contributed by atoms with Crippen LogP contribution in [0.3, 0.4) is 0 Å². The van der Waals surface area contributed by atoms with E-state index < -0.39 is 71.0 Å². The molecular weight excluding hydrogens is 419 g/mol. The molecule has 30 heavy (non-hydrogen) atoms. The van der Waals surface area contributed by atoms with E-state index >= 15 is 0 Å². The topological polar surface area (TPSA) is 82.1 Å². The van der Waals surface area contributed by atoms with Crippen LogP contribution in [0.5, 0.6) is 5.75 Å². The predicted molar refractivity (Wildman–Crippen MR) is 91.5 cm³/mol. The van der Waals surface area contributed by atoms with Gasteiger partial charge in [0.2, 0.25) is 34.8 Å². The SMILES string of the molecule is C#CCCOC(C)(C)C(=O)OCC(C)(CO)C(=O)Oc1c(F)c(F)c(F)c(F)c1F. The van der Waals surface area contributed by atoms with E-state index in [-0.39, 0.29) is 13.0 Å².